The molecule has 18 nitrogen and oxygen atoms in total. The summed E-state index contributed by atoms with van der Waals surface area (Å²) in [5.74, 6) is 3.18. The number of rotatable bonds is 3. The smallest absolute Gasteiger partial charge is 0.257 e. The number of H-pyrrole nitrogens is 1. The van der Waals surface area contributed by atoms with Crippen LogP contribution in [0, 0.1) is 0 Å². The first-order valence-electron chi connectivity index (χ1n) is 22.3. The Morgan fingerprint density at radius 2 is 1.27 bits per heavy atom. The zero-order valence-corrected chi connectivity index (χ0v) is 38.0. The second-order valence-electron chi connectivity index (χ2n) is 16.6. The molecule has 3 N–H and O–H groups in total. The molecule has 8 heterocycles. The Balaban J connectivity index is 0.000000137. The maximum Gasteiger partial charge on any atom is 0.257 e. The number of aromatic nitrogens is 12. The monoisotopic (exact) mass is 962 g/mol. The van der Waals surface area contributed by atoms with Gasteiger partial charge in [0.2, 0.25) is 0 Å². The van der Waals surface area contributed by atoms with Crippen molar-refractivity contribution in [3.05, 3.63) is 149 Å². The van der Waals surface area contributed by atoms with Crippen molar-refractivity contribution >= 4 is 39.4 Å². The van der Waals surface area contributed by atoms with Crippen LogP contribution in [-0.4, -0.2) is 84.0 Å². The maximum atomic E-state index is 13.3. The highest BCUT2D eigenvalue weighted by molar-refractivity contribution is 9.10. The zero-order valence-electron chi connectivity index (χ0n) is 36.5. The van der Waals surface area contributed by atoms with Gasteiger partial charge in [0.1, 0.15) is 35.7 Å². The van der Waals surface area contributed by atoms with Gasteiger partial charge in [-0.25, -0.2) is 19.9 Å². The van der Waals surface area contributed by atoms with E-state index in [0.29, 0.717) is 78.1 Å². The highest BCUT2D eigenvalue weighted by Crippen LogP contribution is 2.39. The van der Waals surface area contributed by atoms with Gasteiger partial charge in [-0.05, 0) is 98.2 Å². The number of ether oxygens (including phenoxy) is 2. The first-order chi connectivity index (χ1) is 32.9. The summed E-state index contributed by atoms with van der Waals surface area (Å²) in [5, 5.41) is 22.2. The van der Waals surface area contributed by atoms with E-state index < -0.39 is 0 Å². The lowest BCUT2D eigenvalue weighted by Crippen LogP contribution is -2.17. The molecule has 19 heteroatoms. The van der Waals surface area contributed by atoms with Crippen molar-refractivity contribution in [2.45, 2.75) is 76.7 Å². The van der Waals surface area contributed by atoms with Gasteiger partial charge < -0.3 is 38.8 Å². The topological polar surface area (TPSA) is 210 Å². The number of anilines is 2. The molecule has 4 bridgehead atoms. The van der Waals surface area contributed by atoms with Crippen LogP contribution >= 0.6 is 15.9 Å². The van der Waals surface area contributed by atoms with Crippen LogP contribution in [0.1, 0.15) is 93.6 Å². The van der Waals surface area contributed by atoms with E-state index in [1.165, 1.54) is 31.4 Å². The molecular weight excluding hydrogens is 917 g/mol. The Morgan fingerprint density at radius 1 is 0.672 bits per heavy atom. The number of imidazole rings is 2. The van der Waals surface area contributed by atoms with Crippen molar-refractivity contribution < 1.29 is 19.1 Å². The van der Waals surface area contributed by atoms with E-state index in [2.05, 4.69) is 78.1 Å². The van der Waals surface area contributed by atoms with Crippen molar-refractivity contribution in [1.82, 2.24) is 59.0 Å². The predicted octanol–water partition coefficient (Wildman–Crippen LogP) is 8.14. The molecule has 0 spiro atoms. The molecule has 0 radical (unpaired) electrons. The fourth-order valence-electron chi connectivity index (χ4n) is 7.80. The summed E-state index contributed by atoms with van der Waals surface area (Å²) in [6.07, 6.45) is 17.6. The molecule has 8 aromatic rings. The first-order valence-corrected chi connectivity index (χ1v) is 23.1. The van der Waals surface area contributed by atoms with Gasteiger partial charge >= 0.3 is 0 Å². The Labute approximate surface area is 393 Å². The highest BCUT2D eigenvalue weighted by Gasteiger charge is 2.26. The van der Waals surface area contributed by atoms with Gasteiger partial charge in [0.05, 0.1) is 31.6 Å². The minimum atomic E-state index is -0.235. The summed E-state index contributed by atoms with van der Waals surface area (Å²) in [7, 11) is 0. The largest absolute Gasteiger partial charge is 0.377 e. The number of aromatic amines is 1. The van der Waals surface area contributed by atoms with Crippen LogP contribution in [-0.2, 0) is 35.8 Å². The van der Waals surface area contributed by atoms with Crippen LogP contribution in [0.3, 0.4) is 0 Å². The molecule has 2 amide bonds. The van der Waals surface area contributed by atoms with Crippen LogP contribution < -0.4 is 10.6 Å². The highest BCUT2D eigenvalue weighted by atomic mass is 79.9. The zero-order chi connectivity index (χ0) is 45.5. The van der Waals surface area contributed by atoms with E-state index in [1.54, 1.807) is 37.2 Å². The molecule has 0 saturated heterocycles. The lowest BCUT2D eigenvalue weighted by Gasteiger charge is -2.14. The fourth-order valence-corrected chi connectivity index (χ4v) is 8.16. The van der Waals surface area contributed by atoms with Crippen LogP contribution in [0.5, 0.6) is 0 Å². The predicted molar refractivity (Wildman–Crippen MR) is 251 cm³/mol. The number of aryl methyl sites for hydroxylation is 2. The third kappa shape index (κ3) is 10.7. The maximum absolute atomic E-state index is 13.3. The number of fused-ring (bicyclic) bond motifs is 10. The van der Waals surface area contributed by atoms with Gasteiger partial charge in [0.15, 0.2) is 11.6 Å². The summed E-state index contributed by atoms with van der Waals surface area (Å²) in [6, 6.07) is 22.4. The molecule has 2 fully saturated rings. The molecule has 4 aliphatic rings. The molecule has 2 aliphatic heterocycles. The average Bonchev–Trinajstić information content (AvgIpc) is 4.07. The van der Waals surface area contributed by atoms with E-state index in [1.807, 2.05) is 80.8 Å². The molecule has 6 aromatic heterocycles. The van der Waals surface area contributed by atoms with Gasteiger partial charge in [-0.15, -0.1) is 20.4 Å². The minimum Gasteiger partial charge on any atom is -0.377 e. The minimum absolute atomic E-state index is 0.229. The summed E-state index contributed by atoms with van der Waals surface area (Å²) in [5.41, 5.74) is 7.41. The number of nitrogens with zero attached hydrogens (tertiary/aromatic N) is 11. The fraction of sp³-hybridized carbons (Fsp3) is 0.292. The SMILES string of the molecule is O=C1Nc2cccc(n2)-c2nncn2CCCOCc2ccc(-n3cnc(C4CC4)c3)cc21.O=C1Nc2cccc(n2)-c2nncn2CCCOCc2ccc(Br)cc21.c1ncc(C2CC2)[nH]1. The molecule has 0 unspecified atom stereocenters. The van der Waals surface area contributed by atoms with Crippen molar-refractivity contribution in [2.24, 2.45) is 0 Å². The Kier molecular flexibility index (Phi) is 13.1. The van der Waals surface area contributed by atoms with Crippen LogP contribution in [0.2, 0.25) is 0 Å². The molecular formula is C48H47BrN14O4. The number of nitrogens with one attached hydrogen (secondary N) is 3. The van der Waals surface area contributed by atoms with Gasteiger partial charge in [-0.1, -0.05) is 40.2 Å². The summed E-state index contributed by atoms with van der Waals surface area (Å²) in [4.78, 5) is 46.8. The van der Waals surface area contributed by atoms with Crippen LogP contribution in [0.4, 0.5) is 11.6 Å². The standard InChI is InChI=1S/C24H23N7O2.C18H16BrN5O2.C6H8N2/c32-24-19-11-18(31-12-21(25-14-31)16-5-6-16)8-7-17(19)13-33-10-2-9-30-15-26-29-23(30)20-3-1-4-22(27-20)28-24;19-13-6-5-12-10-26-8-2-7-24-11-20-23-17(24)15-3-1-4-16(21-15)22-18(25)14(12)9-13;1-2-5(1)6-3-7-4-8-6/h1,3-4,7-8,11-12,14-16H,2,5-6,9-10,13H2,(H,27,28,32);1,3-6,9,11H,2,7-8,10H2,(H,21,22,25);3-5H,1-2H2,(H,7,8). The van der Waals surface area contributed by atoms with Gasteiger partial charge in [0, 0.05) is 77.5 Å². The quantitative estimate of drug-likeness (QED) is 0.153. The number of hydrogen-bond acceptors (Lipinski definition) is 12. The first kappa shape index (κ1) is 43.7. The van der Waals surface area contributed by atoms with E-state index in [0.717, 1.165) is 58.8 Å². The Morgan fingerprint density at radius 3 is 1.85 bits per heavy atom. The number of amides is 2. The average molecular weight is 964 g/mol. The summed E-state index contributed by atoms with van der Waals surface area (Å²) in [6.45, 7) is 3.30. The number of carbonyl (C=O) groups is 2. The van der Waals surface area contributed by atoms with E-state index in [4.69, 9.17) is 9.47 Å². The number of hydrogen-bond donors (Lipinski definition) is 3. The lowest BCUT2D eigenvalue weighted by atomic mass is 10.1. The van der Waals surface area contributed by atoms with Crippen LogP contribution in [0.25, 0.3) is 28.7 Å². The number of carbonyl (C=O) groups excluding carboxylic acids is 2. The second-order valence-corrected chi connectivity index (χ2v) is 17.6. The number of halogens is 1. The van der Waals surface area contributed by atoms with Crippen molar-refractivity contribution in [1.29, 1.82) is 0 Å². The molecule has 340 valence electrons. The molecule has 0 atom stereocenters. The van der Waals surface area contributed by atoms with E-state index in [-0.39, 0.29) is 11.8 Å². The van der Waals surface area contributed by atoms with Gasteiger partial charge in [-0.2, -0.15) is 0 Å². The van der Waals surface area contributed by atoms with Crippen LogP contribution in [0.15, 0.2) is 115 Å². The van der Waals surface area contributed by atoms with E-state index >= 15 is 0 Å². The molecule has 2 aromatic carbocycles. The lowest BCUT2D eigenvalue weighted by molar-refractivity contribution is 0.0994. The van der Waals surface area contributed by atoms with Gasteiger partial charge in [0.25, 0.3) is 11.8 Å². The van der Waals surface area contributed by atoms with Gasteiger partial charge in [-0.3, -0.25) is 9.59 Å². The summed E-state index contributed by atoms with van der Waals surface area (Å²) >= 11 is 3.42. The molecule has 2 saturated carbocycles. The Hall–Kier alpha value is -7.22. The van der Waals surface area contributed by atoms with E-state index in [9.17, 15) is 9.59 Å². The summed E-state index contributed by atoms with van der Waals surface area (Å²) < 4.78 is 18.4. The third-order valence-corrected chi connectivity index (χ3v) is 12.1. The second kappa shape index (κ2) is 20.1. The normalized spacial score (nSPS) is 16.1. The molecule has 12 rings (SSSR count). The van der Waals surface area contributed by atoms with Crippen molar-refractivity contribution in [3.8, 4) is 28.7 Å². The number of pyridine rings is 2. The Bertz CT molecular complexity index is 2990. The van der Waals surface area contributed by atoms with Crippen molar-refractivity contribution in [2.75, 3.05) is 23.8 Å². The third-order valence-electron chi connectivity index (χ3n) is 11.6. The number of benzene rings is 2. The molecule has 2 aliphatic carbocycles. The van der Waals surface area contributed by atoms with Crippen molar-refractivity contribution in [3.63, 3.8) is 0 Å². The molecule has 67 heavy (non-hydrogen) atoms.